The molecule has 2 N–H and O–H groups in total. The van der Waals surface area contributed by atoms with Gasteiger partial charge in [0.15, 0.2) is 0 Å². The maximum atomic E-state index is 9.62. The second-order valence-electron chi connectivity index (χ2n) is 3.92. The molecule has 2 heterocycles. The van der Waals surface area contributed by atoms with E-state index in [1.165, 1.54) is 0 Å². The first-order chi connectivity index (χ1) is 7.72. The summed E-state index contributed by atoms with van der Waals surface area (Å²) in [5.41, 5.74) is 1.32. The van der Waals surface area contributed by atoms with Crippen LogP contribution in [-0.2, 0) is 0 Å². The highest BCUT2D eigenvalue weighted by Crippen LogP contribution is 2.23. The number of aliphatic hydroxyl groups excluding tert-OH is 1. The molecule has 1 atom stereocenters. The average molecular weight is 235 g/mol. The summed E-state index contributed by atoms with van der Waals surface area (Å²) in [6.07, 6.45) is 3.20. The van der Waals surface area contributed by atoms with Crippen molar-refractivity contribution in [1.29, 1.82) is 5.26 Å². The van der Waals surface area contributed by atoms with Crippen LogP contribution in [0.25, 0.3) is 0 Å². The lowest BCUT2D eigenvalue weighted by Gasteiger charge is -2.32. The van der Waals surface area contributed by atoms with Gasteiger partial charge in [0, 0.05) is 19.3 Å². The first-order valence-corrected chi connectivity index (χ1v) is 5.68. The van der Waals surface area contributed by atoms with E-state index in [9.17, 15) is 5.11 Å². The minimum absolute atomic E-state index is 0.307. The molecule has 1 saturated heterocycles. The minimum Gasteiger partial charge on any atom is -0.391 e. The summed E-state index contributed by atoms with van der Waals surface area (Å²) in [4.78, 5) is 4.87. The Hall–Kier alpha value is -1.38. The fraction of sp³-hybridized carbons (Fsp3) is 0.455. The van der Waals surface area contributed by atoms with E-state index >= 15 is 0 Å². The normalized spacial score (nSPS) is 20.5. The van der Waals surface area contributed by atoms with Crippen LogP contribution in [0.2, 0.25) is 0 Å². The Bertz CT molecular complexity index is 477. The van der Waals surface area contributed by atoms with Crippen LogP contribution in [0.4, 0.5) is 5.69 Å². The van der Waals surface area contributed by atoms with Crippen molar-refractivity contribution in [3.63, 3.8) is 0 Å². The smallest absolute Gasteiger partial charge is 0.123 e. The molecule has 0 radical (unpaired) electrons. The topological polar surface area (TPSA) is 63.1 Å². The first-order valence-electron chi connectivity index (χ1n) is 5.27. The largest absolute Gasteiger partial charge is 0.391 e. The highest BCUT2D eigenvalue weighted by molar-refractivity contribution is 7.71. The molecule has 84 valence electrons. The molecular weight excluding hydrogens is 222 g/mol. The lowest BCUT2D eigenvalue weighted by atomic mass is 10.1. The summed E-state index contributed by atoms with van der Waals surface area (Å²) in [5, 5.41) is 18.7. The third-order valence-electron chi connectivity index (χ3n) is 2.79. The summed E-state index contributed by atoms with van der Waals surface area (Å²) >= 11 is 5.07. The third-order valence-corrected chi connectivity index (χ3v) is 3.11. The quantitative estimate of drug-likeness (QED) is 0.725. The number of rotatable bonds is 1. The number of aromatic amines is 1. The SMILES string of the molecule is N#Cc1c(N2CCCC(O)C2)cc[nH]c1=S. The maximum Gasteiger partial charge on any atom is 0.123 e. The number of β-amino-alcohol motifs (C(OH)–C–C–N with tert-alkyl or cyclic N) is 1. The van der Waals surface area contributed by atoms with Gasteiger partial charge < -0.3 is 15.0 Å². The van der Waals surface area contributed by atoms with Gasteiger partial charge in [0.05, 0.1) is 11.8 Å². The molecule has 0 bridgehead atoms. The van der Waals surface area contributed by atoms with E-state index in [-0.39, 0.29) is 6.10 Å². The van der Waals surface area contributed by atoms with Crippen LogP contribution in [0.3, 0.4) is 0 Å². The standard InChI is InChI=1S/C11H13N3OS/c12-6-9-10(3-4-13-11(9)16)14-5-1-2-8(15)7-14/h3-4,8,15H,1-2,5,7H2,(H,13,16). The van der Waals surface area contributed by atoms with E-state index in [1.807, 2.05) is 11.0 Å². The van der Waals surface area contributed by atoms with Crippen molar-refractivity contribution in [3.05, 3.63) is 22.5 Å². The van der Waals surface area contributed by atoms with E-state index in [0.717, 1.165) is 25.1 Å². The van der Waals surface area contributed by atoms with Crippen LogP contribution in [-0.4, -0.2) is 29.3 Å². The molecule has 5 heteroatoms. The molecule has 2 rings (SSSR count). The number of aromatic nitrogens is 1. The lowest BCUT2D eigenvalue weighted by Crippen LogP contribution is -2.38. The van der Waals surface area contributed by atoms with Gasteiger partial charge in [0.1, 0.15) is 16.3 Å². The number of aliphatic hydroxyl groups is 1. The van der Waals surface area contributed by atoms with Crippen molar-refractivity contribution in [2.45, 2.75) is 18.9 Å². The Kier molecular flexibility index (Phi) is 3.22. The number of hydrogen-bond donors (Lipinski definition) is 2. The number of nitrogens with one attached hydrogen (secondary N) is 1. The van der Waals surface area contributed by atoms with Crippen LogP contribution in [0, 0.1) is 16.0 Å². The Labute approximate surface area is 99.1 Å². The molecule has 1 unspecified atom stereocenters. The molecule has 0 saturated carbocycles. The number of nitrogens with zero attached hydrogens (tertiary/aromatic N) is 2. The van der Waals surface area contributed by atoms with Gasteiger partial charge >= 0.3 is 0 Å². The molecule has 1 aliphatic heterocycles. The molecule has 1 aromatic heterocycles. The molecule has 0 amide bonds. The second-order valence-corrected chi connectivity index (χ2v) is 4.33. The lowest BCUT2D eigenvalue weighted by molar-refractivity contribution is 0.154. The fourth-order valence-corrected chi connectivity index (χ4v) is 2.23. The van der Waals surface area contributed by atoms with E-state index in [4.69, 9.17) is 17.5 Å². The van der Waals surface area contributed by atoms with Gasteiger partial charge in [-0.25, -0.2) is 0 Å². The number of anilines is 1. The molecule has 1 aliphatic rings. The van der Waals surface area contributed by atoms with Gasteiger partial charge in [-0.05, 0) is 18.9 Å². The van der Waals surface area contributed by atoms with Crippen LogP contribution in [0.1, 0.15) is 18.4 Å². The molecule has 0 spiro atoms. The highest BCUT2D eigenvalue weighted by Gasteiger charge is 2.20. The third kappa shape index (κ3) is 2.08. The van der Waals surface area contributed by atoms with Crippen molar-refractivity contribution >= 4 is 17.9 Å². The fourth-order valence-electron chi connectivity index (χ4n) is 2.01. The van der Waals surface area contributed by atoms with Gasteiger partial charge in [0.2, 0.25) is 0 Å². The minimum atomic E-state index is -0.307. The van der Waals surface area contributed by atoms with Crippen LogP contribution >= 0.6 is 12.2 Å². The summed E-state index contributed by atoms with van der Waals surface area (Å²) in [6.45, 7) is 1.44. The van der Waals surface area contributed by atoms with Crippen molar-refractivity contribution in [1.82, 2.24) is 4.98 Å². The summed E-state index contributed by atoms with van der Waals surface area (Å²) in [6, 6.07) is 3.96. The number of piperidine rings is 1. The molecule has 0 aliphatic carbocycles. The molecule has 16 heavy (non-hydrogen) atoms. The first kappa shape index (κ1) is 11.1. The van der Waals surface area contributed by atoms with Crippen LogP contribution < -0.4 is 4.90 Å². The van der Waals surface area contributed by atoms with E-state index in [0.29, 0.717) is 16.7 Å². The zero-order valence-electron chi connectivity index (χ0n) is 8.81. The number of H-pyrrole nitrogens is 1. The van der Waals surface area contributed by atoms with Crippen molar-refractivity contribution in [3.8, 4) is 6.07 Å². The van der Waals surface area contributed by atoms with Crippen molar-refractivity contribution < 1.29 is 5.11 Å². The maximum absolute atomic E-state index is 9.62. The van der Waals surface area contributed by atoms with Gasteiger partial charge in [-0.2, -0.15) is 5.26 Å². The number of hydrogen-bond acceptors (Lipinski definition) is 4. The molecular formula is C11H13N3OS. The number of pyridine rings is 1. The zero-order chi connectivity index (χ0) is 11.5. The summed E-state index contributed by atoms with van der Waals surface area (Å²) < 4.78 is 0.458. The van der Waals surface area contributed by atoms with Gasteiger partial charge in [-0.3, -0.25) is 0 Å². The molecule has 1 aromatic rings. The summed E-state index contributed by atoms with van der Waals surface area (Å²) in [7, 11) is 0. The Balaban J connectivity index is 2.37. The summed E-state index contributed by atoms with van der Waals surface area (Å²) in [5.74, 6) is 0. The van der Waals surface area contributed by atoms with Gasteiger partial charge in [-0.1, -0.05) is 12.2 Å². The predicted molar refractivity (Wildman–Crippen MR) is 63.8 cm³/mol. The molecule has 0 aromatic carbocycles. The predicted octanol–water partition coefficient (Wildman–Crippen LogP) is 1.58. The van der Waals surface area contributed by atoms with E-state index < -0.39 is 0 Å². The Morgan fingerprint density at radius 3 is 3.12 bits per heavy atom. The van der Waals surface area contributed by atoms with E-state index in [1.54, 1.807) is 6.20 Å². The highest BCUT2D eigenvalue weighted by atomic mass is 32.1. The van der Waals surface area contributed by atoms with Crippen LogP contribution in [0.5, 0.6) is 0 Å². The monoisotopic (exact) mass is 235 g/mol. The van der Waals surface area contributed by atoms with Crippen molar-refractivity contribution in [2.75, 3.05) is 18.0 Å². The Morgan fingerprint density at radius 1 is 1.62 bits per heavy atom. The zero-order valence-corrected chi connectivity index (χ0v) is 9.63. The van der Waals surface area contributed by atoms with E-state index in [2.05, 4.69) is 11.1 Å². The van der Waals surface area contributed by atoms with Gasteiger partial charge in [-0.15, -0.1) is 0 Å². The van der Waals surface area contributed by atoms with Gasteiger partial charge in [0.25, 0.3) is 0 Å². The second kappa shape index (κ2) is 4.64. The molecule has 4 nitrogen and oxygen atoms in total. The molecule has 1 fully saturated rings. The average Bonchev–Trinajstić information content (AvgIpc) is 2.28. The Morgan fingerprint density at radius 2 is 2.44 bits per heavy atom. The number of nitriles is 1. The van der Waals surface area contributed by atoms with Crippen LogP contribution in [0.15, 0.2) is 12.3 Å². The van der Waals surface area contributed by atoms with Crippen molar-refractivity contribution in [2.24, 2.45) is 0 Å².